The van der Waals surface area contributed by atoms with E-state index in [0.29, 0.717) is 12.8 Å². The molecule has 0 amide bonds. The van der Waals surface area contributed by atoms with Gasteiger partial charge in [0.25, 0.3) is 0 Å². The molecule has 1 saturated heterocycles. The Balaban J connectivity index is 0.00000181. The van der Waals surface area contributed by atoms with Crippen molar-refractivity contribution in [2.24, 2.45) is 22.7 Å². The standard InChI is InChI=1S/C23H26O5.K/c1-20-6-3-12(24)9-16(20)13-10-14(13)19-15-4-7-22(27,8-5-18(25)26)21(15,2)11-17-23(19,20)28-17;/h4,7,9,15,17,19,27H,3,5-6,8,10-11H2,1-2H3,(H,25,26);/q;+1/p-1/t15?,17-,19?,20+,21+,22-,23-;/m1./s1. The maximum absolute atomic E-state index is 12.1. The summed E-state index contributed by atoms with van der Waals surface area (Å²) in [6.45, 7) is 4.36. The fourth-order valence-corrected chi connectivity index (χ4v) is 7.47. The number of hydrogen-bond donors (Lipinski definition) is 1. The molecule has 1 saturated carbocycles. The van der Waals surface area contributed by atoms with E-state index in [-0.39, 0.29) is 99.0 Å². The number of ketones is 1. The van der Waals surface area contributed by atoms with Crippen LogP contribution >= 0.6 is 0 Å². The summed E-state index contributed by atoms with van der Waals surface area (Å²) in [5.41, 5.74) is 1.92. The summed E-state index contributed by atoms with van der Waals surface area (Å²) in [5, 5.41) is 22.5. The number of ether oxygens (including phenoxy) is 1. The molecule has 29 heavy (non-hydrogen) atoms. The topological polar surface area (TPSA) is 90.0 Å². The van der Waals surface area contributed by atoms with E-state index < -0.39 is 17.0 Å². The molecule has 1 N–H and O–H groups in total. The summed E-state index contributed by atoms with van der Waals surface area (Å²) in [6.07, 6.45) is 8.95. The summed E-state index contributed by atoms with van der Waals surface area (Å²) in [7, 11) is 0. The average Bonchev–Trinajstić information content (AvgIpc) is 3.52. The van der Waals surface area contributed by atoms with E-state index in [1.54, 1.807) is 0 Å². The predicted molar refractivity (Wildman–Crippen MR) is 97.7 cm³/mol. The van der Waals surface area contributed by atoms with Gasteiger partial charge in [-0.05, 0) is 55.2 Å². The van der Waals surface area contributed by atoms with Gasteiger partial charge in [-0.1, -0.05) is 31.6 Å². The first kappa shape index (κ1) is 20.8. The summed E-state index contributed by atoms with van der Waals surface area (Å²) >= 11 is 0. The first-order valence-corrected chi connectivity index (χ1v) is 10.4. The summed E-state index contributed by atoms with van der Waals surface area (Å²) in [4.78, 5) is 23.1. The Morgan fingerprint density at radius 1 is 1.38 bits per heavy atom. The molecule has 5 aliphatic carbocycles. The minimum Gasteiger partial charge on any atom is -0.550 e. The van der Waals surface area contributed by atoms with E-state index in [2.05, 4.69) is 19.9 Å². The normalized spacial score (nSPS) is 50.4. The SMILES string of the molecule is C[C@]12CCC(=O)C=C1C1=C(C1)C1C3C=C[C@@](O)(CCC(=O)[O-])[C@@]3(C)C[C@H]3O[C@@]132.[K+]. The molecule has 0 radical (unpaired) electrons. The molecule has 0 aromatic rings. The zero-order valence-corrected chi connectivity index (χ0v) is 20.4. The third kappa shape index (κ3) is 2.32. The number of carbonyl (C=O) groups excluding carboxylic acids is 2. The number of carbonyl (C=O) groups is 2. The molecule has 0 aromatic heterocycles. The van der Waals surface area contributed by atoms with Crippen LogP contribution in [-0.2, 0) is 14.3 Å². The van der Waals surface area contributed by atoms with Gasteiger partial charge in [0.05, 0.1) is 11.7 Å². The van der Waals surface area contributed by atoms with Crippen molar-refractivity contribution in [3.05, 3.63) is 34.9 Å². The van der Waals surface area contributed by atoms with Crippen molar-refractivity contribution in [2.75, 3.05) is 0 Å². The maximum atomic E-state index is 12.1. The van der Waals surface area contributed by atoms with Gasteiger partial charge in [-0.3, -0.25) is 4.79 Å². The van der Waals surface area contributed by atoms with E-state index in [4.69, 9.17) is 4.74 Å². The fourth-order valence-electron chi connectivity index (χ4n) is 7.47. The molecule has 7 atom stereocenters. The van der Waals surface area contributed by atoms with Gasteiger partial charge in [-0.2, -0.15) is 0 Å². The van der Waals surface area contributed by atoms with Crippen molar-refractivity contribution in [3.8, 4) is 0 Å². The van der Waals surface area contributed by atoms with Crippen LogP contribution in [0.5, 0.6) is 0 Å². The largest absolute Gasteiger partial charge is 1.00 e. The van der Waals surface area contributed by atoms with Crippen LogP contribution in [0.3, 0.4) is 0 Å². The quantitative estimate of drug-likeness (QED) is 0.345. The number of allylic oxidation sites excluding steroid dienone is 3. The smallest absolute Gasteiger partial charge is 0.550 e. The van der Waals surface area contributed by atoms with Gasteiger partial charge in [0, 0.05) is 29.1 Å². The second kappa shape index (κ2) is 6.03. The molecule has 0 bridgehead atoms. The summed E-state index contributed by atoms with van der Waals surface area (Å²) in [5.74, 6) is -0.562. The maximum Gasteiger partial charge on any atom is 1.00 e. The number of aliphatic carboxylic acids is 1. The monoisotopic (exact) mass is 420 g/mol. The molecule has 2 unspecified atom stereocenters. The van der Waals surface area contributed by atoms with Crippen LogP contribution < -0.4 is 56.5 Å². The van der Waals surface area contributed by atoms with Crippen molar-refractivity contribution in [3.63, 3.8) is 0 Å². The van der Waals surface area contributed by atoms with Gasteiger partial charge in [-0.25, -0.2) is 0 Å². The summed E-state index contributed by atoms with van der Waals surface area (Å²) < 4.78 is 6.53. The molecular formula is C23H25KO5. The summed E-state index contributed by atoms with van der Waals surface area (Å²) in [6, 6.07) is 0. The minimum absolute atomic E-state index is 0. The first-order valence-electron chi connectivity index (χ1n) is 10.4. The number of rotatable bonds is 3. The van der Waals surface area contributed by atoms with Crippen LogP contribution in [-0.4, -0.2) is 34.2 Å². The number of hydrogen-bond acceptors (Lipinski definition) is 5. The van der Waals surface area contributed by atoms with Crippen LogP contribution in [0.4, 0.5) is 0 Å². The van der Waals surface area contributed by atoms with Gasteiger partial charge in [0.2, 0.25) is 0 Å². The Labute approximate surface area is 213 Å². The number of carboxylic acid groups (broad SMARTS) is 1. The van der Waals surface area contributed by atoms with E-state index in [9.17, 15) is 19.8 Å². The van der Waals surface area contributed by atoms with E-state index in [1.165, 1.54) is 16.7 Å². The van der Waals surface area contributed by atoms with E-state index in [1.807, 2.05) is 12.2 Å². The van der Waals surface area contributed by atoms with Crippen LogP contribution in [0.15, 0.2) is 34.9 Å². The third-order valence-electron chi connectivity index (χ3n) is 9.17. The number of fused-ring (bicyclic) bond motifs is 5. The first-order chi connectivity index (χ1) is 13.2. The Hall–Kier alpha value is -0.0836. The number of aliphatic hydroxyl groups is 1. The fraction of sp³-hybridized carbons (Fsp3) is 0.652. The minimum atomic E-state index is -1.15. The van der Waals surface area contributed by atoms with E-state index in [0.717, 1.165) is 12.8 Å². The van der Waals surface area contributed by atoms with Crippen LogP contribution in [0, 0.1) is 22.7 Å². The van der Waals surface area contributed by atoms with Gasteiger partial charge in [0.15, 0.2) is 5.78 Å². The molecule has 5 nitrogen and oxygen atoms in total. The van der Waals surface area contributed by atoms with Gasteiger partial charge < -0.3 is 19.7 Å². The van der Waals surface area contributed by atoms with Crippen molar-refractivity contribution < 1.29 is 75.9 Å². The zero-order chi connectivity index (χ0) is 19.7. The van der Waals surface area contributed by atoms with Crippen LogP contribution in [0.2, 0.25) is 0 Å². The third-order valence-corrected chi connectivity index (χ3v) is 9.17. The molecule has 0 aromatic carbocycles. The molecular weight excluding hydrogens is 395 g/mol. The van der Waals surface area contributed by atoms with Crippen molar-refractivity contribution in [2.45, 2.75) is 69.7 Å². The molecule has 1 heterocycles. The Bertz CT molecular complexity index is 949. The van der Waals surface area contributed by atoms with Crippen molar-refractivity contribution >= 4 is 11.8 Å². The van der Waals surface area contributed by atoms with Gasteiger partial charge in [0.1, 0.15) is 5.60 Å². The zero-order valence-electron chi connectivity index (χ0n) is 17.3. The van der Waals surface area contributed by atoms with Gasteiger partial charge >= 0.3 is 51.4 Å². The Kier molecular flexibility index (Phi) is 4.32. The molecule has 2 fully saturated rings. The molecule has 1 aliphatic heterocycles. The molecule has 6 rings (SSSR count). The molecule has 6 aliphatic rings. The van der Waals surface area contributed by atoms with Crippen LogP contribution in [0.25, 0.3) is 0 Å². The Morgan fingerprint density at radius 3 is 2.86 bits per heavy atom. The molecule has 6 heteroatoms. The second-order valence-corrected chi connectivity index (χ2v) is 10.2. The predicted octanol–water partition coefficient (Wildman–Crippen LogP) is -1.39. The average molecular weight is 421 g/mol. The van der Waals surface area contributed by atoms with Gasteiger partial charge in [-0.15, -0.1) is 0 Å². The number of carboxylic acids is 1. The Morgan fingerprint density at radius 2 is 2.14 bits per heavy atom. The number of epoxide rings is 1. The van der Waals surface area contributed by atoms with E-state index >= 15 is 0 Å². The molecule has 1 spiro atoms. The second-order valence-electron chi connectivity index (χ2n) is 10.2. The van der Waals surface area contributed by atoms with Crippen molar-refractivity contribution in [1.29, 1.82) is 0 Å². The van der Waals surface area contributed by atoms with Crippen LogP contribution in [0.1, 0.15) is 52.4 Å². The van der Waals surface area contributed by atoms with Crippen molar-refractivity contribution in [1.82, 2.24) is 0 Å². The molecule has 148 valence electrons.